The van der Waals surface area contributed by atoms with Crippen LogP contribution < -0.4 is 9.47 Å². The topological polar surface area (TPSA) is 41.9 Å². The van der Waals surface area contributed by atoms with Gasteiger partial charge in [0.15, 0.2) is 0 Å². The molecule has 1 aliphatic heterocycles. The molecule has 1 unspecified atom stereocenters. The molecule has 19 heavy (non-hydrogen) atoms. The minimum absolute atomic E-state index is 0.146. The van der Waals surface area contributed by atoms with Crippen LogP contribution >= 0.6 is 0 Å². The van der Waals surface area contributed by atoms with Crippen molar-refractivity contribution in [2.24, 2.45) is 0 Å². The molecule has 4 heteroatoms. The van der Waals surface area contributed by atoms with Crippen molar-refractivity contribution < 1.29 is 14.6 Å². The van der Waals surface area contributed by atoms with Gasteiger partial charge in [-0.25, -0.2) is 0 Å². The molecule has 1 aromatic rings. The van der Waals surface area contributed by atoms with E-state index in [1.807, 2.05) is 18.2 Å². The number of likely N-dealkylation sites (tertiary alicyclic amines) is 1. The second-order valence-corrected chi connectivity index (χ2v) is 5.38. The maximum atomic E-state index is 9.93. The first-order valence-electron chi connectivity index (χ1n) is 6.66. The molecule has 0 bridgehead atoms. The summed E-state index contributed by atoms with van der Waals surface area (Å²) in [4.78, 5) is 2.27. The number of rotatable bonds is 4. The fraction of sp³-hybridized carbons (Fsp3) is 0.600. The van der Waals surface area contributed by atoms with E-state index in [0.717, 1.165) is 43.0 Å². The average molecular weight is 265 g/mol. The summed E-state index contributed by atoms with van der Waals surface area (Å²) in [6.07, 6.45) is 2.08. The number of ether oxygens (including phenoxy) is 2. The van der Waals surface area contributed by atoms with Crippen molar-refractivity contribution in [2.75, 3.05) is 41.0 Å². The van der Waals surface area contributed by atoms with E-state index >= 15 is 0 Å². The van der Waals surface area contributed by atoms with E-state index < -0.39 is 0 Å². The molecule has 1 atom stereocenters. The highest BCUT2D eigenvalue weighted by molar-refractivity contribution is 5.42. The normalized spacial score (nSPS) is 24.2. The number of aliphatic hydroxyl groups is 1. The second kappa shape index (κ2) is 5.80. The Morgan fingerprint density at radius 3 is 2.32 bits per heavy atom. The standard InChI is InChI=1S/C15H23NO3/c1-16-6-4-5-15(10-16,11-17)12-7-13(18-2)9-14(8-12)19-3/h7-9,17H,4-6,10-11H2,1-3H3. The van der Waals surface area contributed by atoms with E-state index in [2.05, 4.69) is 11.9 Å². The molecule has 4 nitrogen and oxygen atoms in total. The first kappa shape index (κ1) is 14.2. The van der Waals surface area contributed by atoms with Gasteiger partial charge in [0, 0.05) is 18.0 Å². The number of likely N-dealkylation sites (N-methyl/N-ethyl adjacent to an activating group) is 1. The van der Waals surface area contributed by atoms with E-state index in [0.29, 0.717) is 0 Å². The molecule has 1 heterocycles. The molecule has 2 rings (SSSR count). The summed E-state index contributed by atoms with van der Waals surface area (Å²) in [5.74, 6) is 1.55. The van der Waals surface area contributed by atoms with Gasteiger partial charge in [0.05, 0.1) is 20.8 Å². The maximum Gasteiger partial charge on any atom is 0.122 e. The Bertz CT molecular complexity index is 413. The molecule has 0 radical (unpaired) electrons. The molecule has 0 aliphatic carbocycles. The van der Waals surface area contributed by atoms with Crippen LogP contribution in [-0.2, 0) is 5.41 Å². The lowest BCUT2D eigenvalue weighted by molar-refractivity contribution is 0.104. The third-order valence-electron chi connectivity index (χ3n) is 4.03. The van der Waals surface area contributed by atoms with Gasteiger partial charge in [0.1, 0.15) is 11.5 Å². The Balaban J connectivity index is 2.41. The number of nitrogens with zero attached hydrogens (tertiary/aromatic N) is 1. The van der Waals surface area contributed by atoms with Gasteiger partial charge in [-0.05, 0) is 44.1 Å². The first-order chi connectivity index (χ1) is 9.13. The van der Waals surface area contributed by atoms with Gasteiger partial charge in [-0.1, -0.05) is 0 Å². The van der Waals surface area contributed by atoms with Crippen LogP contribution in [0.3, 0.4) is 0 Å². The van der Waals surface area contributed by atoms with Crippen molar-refractivity contribution in [1.82, 2.24) is 4.90 Å². The quantitative estimate of drug-likeness (QED) is 0.899. The molecule has 0 amide bonds. The van der Waals surface area contributed by atoms with E-state index in [4.69, 9.17) is 9.47 Å². The Labute approximate surface area is 114 Å². The zero-order valence-corrected chi connectivity index (χ0v) is 12.0. The summed E-state index contributed by atoms with van der Waals surface area (Å²) in [6, 6.07) is 5.89. The predicted molar refractivity (Wildman–Crippen MR) is 75.0 cm³/mol. The molecular weight excluding hydrogens is 242 g/mol. The van der Waals surface area contributed by atoms with Gasteiger partial charge >= 0.3 is 0 Å². The van der Waals surface area contributed by atoms with Gasteiger partial charge in [-0.3, -0.25) is 0 Å². The predicted octanol–water partition coefficient (Wildman–Crippen LogP) is 1.66. The minimum Gasteiger partial charge on any atom is -0.497 e. The molecular formula is C15H23NO3. The average Bonchev–Trinajstić information content (AvgIpc) is 2.46. The summed E-state index contributed by atoms with van der Waals surface area (Å²) >= 11 is 0. The number of piperidine rings is 1. The van der Waals surface area contributed by atoms with E-state index in [1.54, 1.807) is 14.2 Å². The van der Waals surface area contributed by atoms with Gasteiger partial charge in [0.25, 0.3) is 0 Å². The van der Waals surface area contributed by atoms with Crippen molar-refractivity contribution in [3.05, 3.63) is 23.8 Å². The fourth-order valence-corrected chi connectivity index (χ4v) is 2.93. The summed E-state index contributed by atoms with van der Waals surface area (Å²) in [7, 11) is 5.40. The lowest BCUT2D eigenvalue weighted by Gasteiger charge is -2.41. The molecule has 0 saturated carbocycles. The van der Waals surface area contributed by atoms with Crippen LogP contribution in [0.15, 0.2) is 18.2 Å². The summed E-state index contributed by atoms with van der Waals surface area (Å²) < 4.78 is 10.7. The summed E-state index contributed by atoms with van der Waals surface area (Å²) in [6.45, 7) is 2.09. The van der Waals surface area contributed by atoms with Crippen LogP contribution in [0.2, 0.25) is 0 Å². The molecule has 1 saturated heterocycles. The first-order valence-corrected chi connectivity index (χ1v) is 6.66. The monoisotopic (exact) mass is 265 g/mol. The SMILES string of the molecule is COc1cc(OC)cc(C2(CO)CCCN(C)C2)c1. The number of methoxy groups -OCH3 is 2. The largest absolute Gasteiger partial charge is 0.497 e. The van der Waals surface area contributed by atoms with Gasteiger partial charge in [-0.15, -0.1) is 0 Å². The van der Waals surface area contributed by atoms with Crippen molar-refractivity contribution >= 4 is 0 Å². The summed E-state index contributed by atoms with van der Waals surface area (Å²) in [5, 5.41) is 9.93. The third-order valence-corrected chi connectivity index (χ3v) is 4.03. The number of hydrogen-bond donors (Lipinski definition) is 1. The van der Waals surface area contributed by atoms with Crippen LogP contribution in [0.25, 0.3) is 0 Å². The van der Waals surface area contributed by atoms with E-state index in [1.165, 1.54) is 0 Å². The number of hydrogen-bond acceptors (Lipinski definition) is 4. The van der Waals surface area contributed by atoms with Crippen LogP contribution in [0.5, 0.6) is 11.5 Å². The molecule has 1 aliphatic rings. The number of benzene rings is 1. The van der Waals surface area contributed by atoms with E-state index in [9.17, 15) is 5.11 Å². The zero-order valence-electron chi connectivity index (χ0n) is 12.0. The highest BCUT2D eigenvalue weighted by Gasteiger charge is 2.36. The lowest BCUT2D eigenvalue weighted by atomic mass is 9.74. The smallest absolute Gasteiger partial charge is 0.122 e. The van der Waals surface area contributed by atoms with Crippen molar-refractivity contribution in [2.45, 2.75) is 18.3 Å². The maximum absolute atomic E-state index is 9.93. The molecule has 1 aromatic carbocycles. The van der Waals surface area contributed by atoms with Gasteiger partial charge in [0.2, 0.25) is 0 Å². The van der Waals surface area contributed by atoms with Crippen LogP contribution in [-0.4, -0.2) is 51.0 Å². The Morgan fingerprint density at radius 2 is 1.84 bits per heavy atom. The number of aliphatic hydroxyl groups excluding tert-OH is 1. The molecule has 106 valence electrons. The Kier molecular flexibility index (Phi) is 4.32. The highest BCUT2D eigenvalue weighted by atomic mass is 16.5. The fourth-order valence-electron chi connectivity index (χ4n) is 2.93. The van der Waals surface area contributed by atoms with Crippen molar-refractivity contribution in [1.29, 1.82) is 0 Å². The highest BCUT2D eigenvalue weighted by Crippen LogP contribution is 2.37. The Hall–Kier alpha value is -1.26. The van der Waals surface area contributed by atoms with Crippen LogP contribution in [0, 0.1) is 0 Å². The van der Waals surface area contributed by atoms with Crippen LogP contribution in [0.1, 0.15) is 18.4 Å². The van der Waals surface area contributed by atoms with Crippen molar-refractivity contribution in [3.63, 3.8) is 0 Å². The van der Waals surface area contributed by atoms with Gasteiger partial charge in [-0.2, -0.15) is 0 Å². The molecule has 0 aromatic heterocycles. The molecule has 1 N–H and O–H groups in total. The summed E-state index contributed by atoms with van der Waals surface area (Å²) in [5.41, 5.74) is 0.882. The van der Waals surface area contributed by atoms with Gasteiger partial charge < -0.3 is 19.5 Å². The second-order valence-electron chi connectivity index (χ2n) is 5.38. The lowest BCUT2D eigenvalue weighted by Crippen LogP contribution is -2.46. The van der Waals surface area contributed by atoms with E-state index in [-0.39, 0.29) is 12.0 Å². The third kappa shape index (κ3) is 2.85. The van der Waals surface area contributed by atoms with Crippen molar-refractivity contribution in [3.8, 4) is 11.5 Å². The minimum atomic E-state index is -0.213. The molecule has 0 spiro atoms. The molecule has 1 fully saturated rings. The van der Waals surface area contributed by atoms with Crippen LogP contribution in [0.4, 0.5) is 0 Å². The zero-order chi connectivity index (χ0) is 13.9. The Morgan fingerprint density at radius 1 is 1.21 bits per heavy atom.